The maximum atomic E-state index is 12.8. The first kappa shape index (κ1) is 13.3. The molecule has 98 valence electrons. The smallest absolute Gasteiger partial charge is 0.416 e. The Morgan fingerprint density at radius 1 is 1.50 bits per heavy atom. The Labute approximate surface area is 106 Å². The average Bonchev–Trinajstić information content (AvgIpc) is 2.69. The molecule has 1 aromatic rings. The van der Waals surface area contributed by atoms with Crippen LogP contribution in [0.25, 0.3) is 0 Å². The number of aliphatic carboxylic acids is 1. The number of alkyl halides is 3. The third-order valence-corrected chi connectivity index (χ3v) is 4.58. The van der Waals surface area contributed by atoms with Crippen molar-refractivity contribution >= 4 is 17.7 Å². The molecule has 2 rings (SSSR count). The summed E-state index contributed by atoms with van der Waals surface area (Å²) >= 11 is 1.22. The maximum Gasteiger partial charge on any atom is 0.416 e. The van der Waals surface area contributed by atoms with E-state index in [-0.39, 0.29) is 17.2 Å². The highest BCUT2D eigenvalue weighted by Gasteiger charge is 2.39. The highest BCUT2D eigenvalue weighted by molar-refractivity contribution is 8.00. The van der Waals surface area contributed by atoms with E-state index >= 15 is 0 Å². The lowest BCUT2D eigenvalue weighted by Crippen LogP contribution is -2.22. The third-order valence-electron chi connectivity index (χ3n) is 3.07. The zero-order valence-electron chi connectivity index (χ0n) is 9.49. The Bertz CT molecular complexity index is 485. The highest BCUT2D eigenvalue weighted by Crippen LogP contribution is 2.45. The predicted molar refractivity (Wildman–Crippen MR) is 61.6 cm³/mol. The van der Waals surface area contributed by atoms with Crippen LogP contribution < -0.4 is 0 Å². The number of rotatable bonds is 2. The van der Waals surface area contributed by atoms with Crippen LogP contribution in [-0.4, -0.2) is 16.3 Å². The molecule has 1 aliphatic heterocycles. The van der Waals surface area contributed by atoms with Crippen molar-refractivity contribution < 1.29 is 23.1 Å². The van der Waals surface area contributed by atoms with Gasteiger partial charge in [-0.15, -0.1) is 11.8 Å². The van der Waals surface area contributed by atoms with Gasteiger partial charge >= 0.3 is 12.1 Å². The number of carboxylic acids is 1. The van der Waals surface area contributed by atoms with Crippen LogP contribution in [0.2, 0.25) is 0 Å². The van der Waals surface area contributed by atoms with E-state index in [9.17, 15) is 18.0 Å². The highest BCUT2D eigenvalue weighted by atomic mass is 32.2. The summed E-state index contributed by atoms with van der Waals surface area (Å²) in [6.45, 7) is 1.53. The fraction of sp³-hybridized carbons (Fsp3) is 0.417. The number of halogens is 3. The topological polar surface area (TPSA) is 37.3 Å². The number of fused-ring (bicyclic) bond motifs is 1. The van der Waals surface area contributed by atoms with E-state index in [1.807, 2.05) is 0 Å². The average molecular weight is 276 g/mol. The molecule has 0 saturated heterocycles. The molecule has 0 spiro atoms. The molecule has 0 radical (unpaired) electrons. The Hall–Kier alpha value is -1.17. The molecular weight excluding hydrogens is 265 g/mol. The van der Waals surface area contributed by atoms with Crippen molar-refractivity contribution in [1.82, 2.24) is 0 Å². The van der Waals surface area contributed by atoms with E-state index < -0.39 is 23.6 Å². The van der Waals surface area contributed by atoms with Gasteiger partial charge in [0.2, 0.25) is 0 Å². The summed E-state index contributed by atoms with van der Waals surface area (Å²) in [7, 11) is 0. The molecule has 1 aliphatic rings. The fourth-order valence-electron chi connectivity index (χ4n) is 2.00. The van der Waals surface area contributed by atoms with Crippen molar-refractivity contribution in [3.8, 4) is 0 Å². The second kappa shape index (κ2) is 4.50. The van der Waals surface area contributed by atoms with Crippen molar-refractivity contribution in [1.29, 1.82) is 0 Å². The Morgan fingerprint density at radius 2 is 2.17 bits per heavy atom. The summed E-state index contributed by atoms with van der Waals surface area (Å²) in [5.41, 5.74) is -0.416. The van der Waals surface area contributed by atoms with Gasteiger partial charge in [0.1, 0.15) is 0 Å². The van der Waals surface area contributed by atoms with Crippen LogP contribution >= 0.6 is 11.8 Å². The molecule has 0 bridgehead atoms. The van der Waals surface area contributed by atoms with E-state index in [1.165, 1.54) is 24.8 Å². The van der Waals surface area contributed by atoms with Gasteiger partial charge in [0.05, 0.1) is 11.5 Å². The van der Waals surface area contributed by atoms with E-state index in [0.29, 0.717) is 4.90 Å². The second-order valence-corrected chi connectivity index (χ2v) is 5.55. The van der Waals surface area contributed by atoms with Gasteiger partial charge in [0.15, 0.2) is 0 Å². The second-order valence-electron chi connectivity index (χ2n) is 4.27. The molecule has 0 aromatic heterocycles. The van der Waals surface area contributed by atoms with Crippen molar-refractivity contribution in [2.75, 3.05) is 0 Å². The Morgan fingerprint density at radius 3 is 2.72 bits per heavy atom. The first-order valence-electron chi connectivity index (χ1n) is 5.39. The maximum absolute atomic E-state index is 12.8. The van der Waals surface area contributed by atoms with Crippen LogP contribution in [0.1, 0.15) is 18.1 Å². The largest absolute Gasteiger partial charge is 0.481 e. The molecule has 2 unspecified atom stereocenters. The minimum absolute atomic E-state index is 0.156. The standard InChI is InChI=1S/C12H11F3O2S/c1-6(11(16)17)10-5-7-8(12(13,14)15)3-2-4-9(7)18-10/h2-4,6,10H,5H2,1H3,(H,16,17). The normalized spacial score (nSPS) is 20.6. The van der Waals surface area contributed by atoms with Crippen LogP contribution in [0.15, 0.2) is 23.1 Å². The van der Waals surface area contributed by atoms with Crippen molar-refractivity contribution in [3.05, 3.63) is 29.3 Å². The summed E-state index contributed by atoms with van der Waals surface area (Å²) in [5, 5.41) is 8.58. The first-order valence-corrected chi connectivity index (χ1v) is 6.27. The molecule has 0 aliphatic carbocycles. The minimum Gasteiger partial charge on any atom is -0.481 e. The van der Waals surface area contributed by atoms with Gasteiger partial charge in [0.25, 0.3) is 0 Å². The number of hydrogen-bond donors (Lipinski definition) is 1. The molecular formula is C12H11F3O2S. The number of benzene rings is 1. The number of carbonyl (C=O) groups is 1. The Kier molecular flexibility index (Phi) is 3.31. The summed E-state index contributed by atoms with van der Waals surface area (Å²) in [6.07, 6.45) is -4.23. The van der Waals surface area contributed by atoms with E-state index in [4.69, 9.17) is 5.11 Å². The van der Waals surface area contributed by atoms with Crippen molar-refractivity contribution in [2.24, 2.45) is 5.92 Å². The monoisotopic (exact) mass is 276 g/mol. The predicted octanol–water partition coefficient (Wildman–Crippen LogP) is 3.44. The summed E-state index contributed by atoms with van der Waals surface area (Å²) in [5.74, 6) is -1.64. The molecule has 2 nitrogen and oxygen atoms in total. The van der Waals surface area contributed by atoms with E-state index in [0.717, 1.165) is 6.07 Å². The Balaban J connectivity index is 2.33. The first-order chi connectivity index (χ1) is 8.30. The van der Waals surface area contributed by atoms with Crippen LogP contribution in [0.5, 0.6) is 0 Å². The molecule has 6 heteroatoms. The number of carboxylic acid groups (broad SMARTS) is 1. The van der Waals surface area contributed by atoms with Crippen LogP contribution in [0, 0.1) is 5.92 Å². The van der Waals surface area contributed by atoms with Gasteiger partial charge in [-0.3, -0.25) is 4.79 Å². The lowest BCUT2D eigenvalue weighted by molar-refractivity contribution is -0.141. The van der Waals surface area contributed by atoms with Gasteiger partial charge in [0, 0.05) is 10.1 Å². The van der Waals surface area contributed by atoms with Gasteiger partial charge < -0.3 is 5.11 Å². The molecule has 2 atom stereocenters. The lowest BCUT2D eigenvalue weighted by atomic mass is 9.97. The summed E-state index contributed by atoms with van der Waals surface area (Å²) in [6, 6.07) is 4.03. The number of thioether (sulfide) groups is 1. The fourth-order valence-corrected chi connectivity index (χ4v) is 3.39. The lowest BCUT2D eigenvalue weighted by Gasteiger charge is -2.13. The van der Waals surface area contributed by atoms with Crippen molar-refractivity contribution in [2.45, 2.75) is 29.7 Å². The summed E-state index contributed by atoms with van der Waals surface area (Å²) in [4.78, 5) is 11.4. The molecule has 0 saturated carbocycles. The number of hydrogen-bond acceptors (Lipinski definition) is 2. The van der Waals surface area contributed by atoms with Crippen molar-refractivity contribution in [3.63, 3.8) is 0 Å². The van der Waals surface area contributed by atoms with Gasteiger partial charge in [-0.2, -0.15) is 13.2 Å². The van der Waals surface area contributed by atoms with Gasteiger partial charge in [-0.1, -0.05) is 13.0 Å². The molecule has 0 amide bonds. The van der Waals surface area contributed by atoms with E-state index in [2.05, 4.69) is 0 Å². The van der Waals surface area contributed by atoms with Gasteiger partial charge in [-0.25, -0.2) is 0 Å². The molecule has 1 aromatic carbocycles. The molecule has 1 heterocycles. The van der Waals surface area contributed by atoms with Gasteiger partial charge in [-0.05, 0) is 24.1 Å². The third kappa shape index (κ3) is 2.34. The molecule has 18 heavy (non-hydrogen) atoms. The zero-order chi connectivity index (χ0) is 13.5. The molecule has 1 N–H and O–H groups in total. The minimum atomic E-state index is -4.38. The van der Waals surface area contributed by atoms with Crippen LogP contribution in [0.3, 0.4) is 0 Å². The van der Waals surface area contributed by atoms with Crippen LogP contribution in [0.4, 0.5) is 13.2 Å². The van der Waals surface area contributed by atoms with E-state index in [1.54, 1.807) is 6.07 Å². The van der Waals surface area contributed by atoms with Crippen LogP contribution in [-0.2, 0) is 17.4 Å². The molecule has 0 fully saturated rings. The zero-order valence-corrected chi connectivity index (χ0v) is 10.3. The quantitative estimate of drug-likeness (QED) is 0.899. The summed E-state index contributed by atoms with van der Waals surface area (Å²) < 4.78 is 38.4. The SMILES string of the molecule is CC(C(=O)O)C1Cc2c(cccc2C(F)(F)F)S1.